The van der Waals surface area contributed by atoms with Gasteiger partial charge < -0.3 is 15.8 Å². The third-order valence-electron chi connectivity index (χ3n) is 3.18. The van der Waals surface area contributed by atoms with Crippen molar-refractivity contribution in [2.75, 3.05) is 13.7 Å². The molecule has 0 radical (unpaired) electrons. The van der Waals surface area contributed by atoms with Gasteiger partial charge in [0, 0.05) is 6.42 Å². The van der Waals surface area contributed by atoms with Crippen molar-refractivity contribution in [2.45, 2.75) is 32.7 Å². The molecule has 1 aromatic carbocycles. The van der Waals surface area contributed by atoms with Crippen LogP contribution in [0.1, 0.15) is 26.3 Å². The number of benzene rings is 1. The number of carbonyl (C=O) groups excluding carboxylic acids is 1. The van der Waals surface area contributed by atoms with Crippen molar-refractivity contribution in [3.63, 3.8) is 0 Å². The van der Waals surface area contributed by atoms with Gasteiger partial charge in [0.25, 0.3) is 0 Å². The molecular weight excluding hydrogens is 240 g/mol. The van der Waals surface area contributed by atoms with E-state index in [4.69, 9.17) is 10.5 Å². The molecule has 0 fully saturated rings. The summed E-state index contributed by atoms with van der Waals surface area (Å²) in [6.07, 6.45) is 0.513. The zero-order chi connectivity index (χ0) is 14.5. The van der Waals surface area contributed by atoms with Gasteiger partial charge in [0.1, 0.15) is 5.75 Å². The van der Waals surface area contributed by atoms with E-state index >= 15 is 0 Å². The first-order valence-corrected chi connectivity index (χ1v) is 6.56. The highest BCUT2D eigenvalue weighted by Gasteiger charge is 2.31. The molecule has 0 saturated heterocycles. The van der Waals surface area contributed by atoms with Gasteiger partial charge in [-0.1, -0.05) is 32.0 Å². The number of methoxy groups -OCH3 is 1. The molecule has 0 bridgehead atoms. The first-order valence-electron chi connectivity index (χ1n) is 6.56. The number of hydrogen-bond donors (Lipinski definition) is 2. The number of carbonyl (C=O) groups is 1. The summed E-state index contributed by atoms with van der Waals surface area (Å²) in [6, 6.07) is 7.68. The molecule has 3 N–H and O–H groups in total. The van der Waals surface area contributed by atoms with Crippen LogP contribution in [0.5, 0.6) is 5.75 Å². The number of ether oxygens (including phenoxy) is 1. The average molecular weight is 264 g/mol. The maximum Gasteiger partial charge on any atom is 0.237 e. The zero-order valence-corrected chi connectivity index (χ0v) is 12.2. The standard InChI is InChI=1S/C15H24N2O2/c1-11(2)10-17-15(3,14(16)18)9-12-7-5-6-8-13(12)19-4/h5-8,11,17H,9-10H2,1-4H3,(H2,16,18). The van der Waals surface area contributed by atoms with E-state index in [1.807, 2.05) is 31.2 Å². The Morgan fingerprint density at radius 1 is 1.42 bits per heavy atom. The number of rotatable bonds is 7. The molecule has 4 heteroatoms. The van der Waals surface area contributed by atoms with Crippen LogP contribution in [-0.2, 0) is 11.2 Å². The van der Waals surface area contributed by atoms with Gasteiger partial charge in [-0.25, -0.2) is 0 Å². The highest BCUT2D eigenvalue weighted by Crippen LogP contribution is 2.23. The number of nitrogens with one attached hydrogen (secondary N) is 1. The lowest BCUT2D eigenvalue weighted by Gasteiger charge is -2.29. The van der Waals surface area contributed by atoms with Crippen molar-refractivity contribution in [1.82, 2.24) is 5.32 Å². The summed E-state index contributed by atoms with van der Waals surface area (Å²) < 4.78 is 5.32. The van der Waals surface area contributed by atoms with E-state index in [1.165, 1.54) is 0 Å². The predicted octanol–water partition coefficient (Wildman–Crippen LogP) is 1.73. The third kappa shape index (κ3) is 4.24. The minimum Gasteiger partial charge on any atom is -0.496 e. The summed E-state index contributed by atoms with van der Waals surface area (Å²) in [7, 11) is 1.63. The summed E-state index contributed by atoms with van der Waals surface area (Å²) in [5, 5.41) is 3.26. The van der Waals surface area contributed by atoms with Crippen molar-refractivity contribution in [1.29, 1.82) is 0 Å². The molecule has 0 aliphatic carbocycles. The predicted molar refractivity (Wildman–Crippen MR) is 77.1 cm³/mol. The Labute approximate surface area is 115 Å². The molecule has 0 spiro atoms. The van der Waals surface area contributed by atoms with Crippen molar-refractivity contribution in [3.8, 4) is 5.75 Å². The van der Waals surface area contributed by atoms with E-state index < -0.39 is 5.54 Å². The fourth-order valence-electron chi connectivity index (χ4n) is 1.90. The highest BCUT2D eigenvalue weighted by molar-refractivity contribution is 5.84. The molecule has 106 valence electrons. The van der Waals surface area contributed by atoms with Gasteiger partial charge in [-0.2, -0.15) is 0 Å². The second-order valence-electron chi connectivity index (χ2n) is 5.46. The summed E-state index contributed by atoms with van der Waals surface area (Å²) in [5.74, 6) is 0.886. The number of hydrogen-bond acceptors (Lipinski definition) is 3. The third-order valence-corrected chi connectivity index (χ3v) is 3.18. The Kier molecular flexibility index (Phi) is 5.36. The quantitative estimate of drug-likeness (QED) is 0.788. The van der Waals surface area contributed by atoms with E-state index in [0.29, 0.717) is 12.3 Å². The minimum atomic E-state index is -0.765. The van der Waals surface area contributed by atoms with Crippen molar-refractivity contribution < 1.29 is 9.53 Å². The lowest BCUT2D eigenvalue weighted by Crippen LogP contribution is -2.55. The van der Waals surface area contributed by atoms with Gasteiger partial charge in [0.2, 0.25) is 5.91 Å². The molecule has 1 aromatic rings. The molecule has 1 atom stereocenters. The van der Waals surface area contributed by atoms with Crippen molar-refractivity contribution in [2.24, 2.45) is 11.7 Å². The normalized spacial score (nSPS) is 14.2. The van der Waals surface area contributed by atoms with Gasteiger partial charge in [0.05, 0.1) is 12.6 Å². The summed E-state index contributed by atoms with van der Waals surface area (Å²) in [5.41, 5.74) is 5.76. The molecule has 0 heterocycles. The van der Waals surface area contributed by atoms with Crippen LogP contribution in [0, 0.1) is 5.92 Å². The first-order chi connectivity index (χ1) is 8.89. The maximum atomic E-state index is 11.8. The van der Waals surface area contributed by atoms with E-state index in [0.717, 1.165) is 17.9 Å². The Hall–Kier alpha value is -1.55. The number of primary amides is 1. The highest BCUT2D eigenvalue weighted by atomic mass is 16.5. The fourth-order valence-corrected chi connectivity index (χ4v) is 1.90. The Morgan fingerprint density at radius 3 is 2.58 bits per heavy atom. The molecular formula is C15H24N2O2. The largest absolute Gasteiger partial charge is 0.496 e. The average Bonchev–Trinajstić information content (AvgIpc) is 2.37. The molecule has 0 saturated carbocycles. The molecule has 0 aliphatic heterocycles. The molecule has 19 heavy (non-hydrogen) atoms. The fraction of sp³-hybridized carbons (Fsp3) is 0.533. The summed E-state index contributed by atoms with van der Waals surface area (Å²) >= 11 is 0. The number of para-hydroxylation sites is 1. The van der Waals surface area contributed by atoms with Crippen LogP contribution >= 0.6 is 0 Å². The second-order valence-corrected chi connectivity index (χ2v) is 5.46. The van der Waals surface area contributed by atoms with Crippen LogP contribution < -0.4 is 15.8 Å². The van der Waals surface area contributed by atoms with E-state index in [1.54, 1.807) is 7.11 Å². The second kappa shape index (κ2) is 6.57. The first kappa shape index (κ1) is 15.5. The molecule has 4 nitrogen and oxygen atoms in total. The molecule has 1 amide bonds. The SMILES string of the molecule is COc1ccccc1CC(C)(NCC(C)C)C(N)=O. The van der Waals surface area contributed by atoms with Crippen LogP contribution in [0.3, 0.4) is 0 Å². The van der Waals surface area contributed by atoms with Gasteiger partial charge in [-0.05, 0) is 31.0 Å². The van der Waals surface area contributed by atoms with Crippen molar-refractivity contribution >= 4 is 5.91 Å². The Bertz CT molecular complexity index is 432. The molecule has 0 aliphatic rings. The van der Waals surface area contributed by atoms with Crippen LogP contribution in [0.15, 0.2) is 24.3 Å². The van der Waals surface area contributed by atoms with E-state index in [-0.39, 0.29) is 5.91 Å². The molecule has 1 rings (SSSR count). The van der Waals surface area contributed by atoms with Crippen LogP contribution in [0.2, 0.25) is 0 Å². The maximum absolute atomic E-state index is 11.8. The number of nitrogens with two attached hydrogens (primary N) is 1. The number of amides is 1. The van der Waals surface area contributed by atoms with Gasteiger partial charge in [-0.3, -0.25) is 4.79 Å². The van der Waals surface area contributed by atoms with E-state index in [9.17, 15) is 4.79 Å². The Balaban J connectivity index is 2.91. The van der Waals surface area contributed by atoms with Gasteiger partial charge >= 0.3 is 0 Å². The lowest BCUT2D eigenvalue weighted by atomic mass is 9.91. The topological polar surface area (TPSA) is 64.3 Å². The lowest BCUT2D eigenvalue weighted by molar-refractivity contribution is -0.123. The van der Waals surface area contributed by atoms with Crippen LogP contribution in [0.25, 0.3) is 0 Å². The molecule has 0 aromatic heterocycles. The van der Waals surface area contributed by atoms with E-state index in [2.05, 4.69) is 19.2 Å². The minimum absolute atomic E-state index is 0.348. The summed E-state index contributed by atoms with van der Waals surface area (Å²) in [4.78, 5) is 11.8. The monoisotopic (exact) mass is 264 g/mol. The van der Waals surface area contributed by atoms with Gasteiger partial charge in [0.15, 0.2) is 0 Å². The smallest absolute Gasteiger partial charge is 0.237 e. The van der Waals surface area contributed by atoms with Crippen molar-refractivity contribution in [3.05, 3.63) is 29.8 Å². The van der Waals surface area contributed by atoms with Crippen LogP contribution in [0.4, 0.5) is 0 Å². The zero-order valence-electron chi connectivity index (χ0n) is 12.2. The van der Waals surface area contributed by atoms with Gasteiger partial charge in [-0.15, -0.1) is 0 Å². The van der Waals surface area contributed by atoms with Crippen LogP contribution in [-0.4, -0.2) is 25.1 Å². The molecule has 1 unspecified atom stereocenters. The Morgan fingerprint density at radius 2 is 2.05 bits per heavy atom. The summed E-state index contributed by atoms with van der Waals surface area (Å²) in [6.45, 7) is 6.77.